The van der Waals surface area contributed by atoms with E-state index in [4.69, 9.17) is 15.0 Å². The second kappa shape index (κ2) is 9.18. The van der Waals surface area contributed by atoms with Crippen LogP contribution in [0.25, 0.3) is 17.3 Å². The Bertz CT molecular complexity index is 963. The lowest BCUT2D eigenvalue weighted by Gasteiger charge is -2.03. The van der Waals surface area contributed by atoms with E-state index in [1.165, 1.54) is 6.08 Å². The third-order valence-corrected chi connectivity index (χ3v) is 3.75. The molecule has 2 aromatic carbocycles. The molecule has 0 spiro atoms. The first-order valence-electron chi connectivity index (χ1n) is 8.58. The fourth-order valence-electron chi connectivity index (χ4n) is 2.38. The summed E-state index contributed by atoms with van der Waals surface area (Å²) in [6.45, 7) is 0.0636. The zero-order chi connectivity index (χ0) is 19.8. The van der Waals surface area contributed by atoms with Gasteiger partial charge in [-0.2, -0.15) is 0 Å². The summed E-state index contributed by atoms with van der Waals surface area (Å²) in [7, 11) is 0. The number of hydrogen-bond donors (Lipinski definition) is 2. The molecule has 7 nitrogen and oxygen atoms in total. The van der Waals surface area contributed by atoms with E-state index in [0.717, 1.165) is 16.8 Å². The molecule has 142 valence electrons. The number of amides is 2. The molecule has 0 saturated carbocycles. The first kappa shape index (κ1) is 18.9. The second-order valence-corrected chi connectivity index (χ2v) is 5.92. The number of rotatable bonds is 8. The molecule has 28 heavy (non-hydrogen) atoms. The van der Waals surface area contributed by atoms with Gasteiger partial charge in [-0.25, -0.2) is 0 Å². The quantitative estimate of drug-likeness (QED) is 0.587. The highest BCUT2D eigenvalue weighted by atomic mass is 16.5. The van der Waals surface area contributed by atoms with Gasteiger partial charge in [-0.05, 0) is 23.8 Å². The van der Waals surface area contributed by atoms with Crippen molar-refractivity contribution < 1.29 is 18.8 Å². The van der Waals surface area contributed by atoms with Crippen molar-refractivity contribution in [3.8, 4) is 17.0 Å². The summed E-state index contributed by atoms with van der Waals surface area (Å²) in [5.41, 5.74) is 7.51. The smallest absolute Gasteiger partial charge is 0.255 e. The van der Waals surface area contributed by atoms with E-state index in [1.54, 1.807) is 36.4 Å². The number of benzene rings is 2. The van der Waals surface area contributed by atoms with Crippen molar-refractivity contribution in [1.82, 2.24) is 10.5 Å². The number of primary amides is 1. The highest BCUT2D eigenvalue weighted by molar-refractivity contribution is 5.91. The van der Waals surface area contributed by atoms with Gasteiger partial charge in [0.25, 0.3) is 5.91 Å². The predicted octanol–water partition coefficient (Wildman–Crippen LogP) is 2.54. The van der Waals surface area contributed by atoms with Crippen LogP contribution in [0.1, 0.15) is 11.3 Å². The van der Waals surface area contributed by atoms with Gasteiger partial charge in [0.2, 0.25) is 5.91 Å². The summed E-state index contributed by atoms with van der Waals surface area (Å²) in [6, 6.07) is 18.4. The summed E-state index contributed by atoms with van der Waals surface area (Å²) in [5.74, 6) is 0.298. The maximum atomic E-state index is 12.0. The van der Waals surface area contributed by atoms with Crippen LogP contribution >= 0.6 is 0 Å². The minimum Gasteiger partial charge on any atom is -0.484 e. The summed E-state index contributed by atoms with van der Waals surface area (Å²) < 4.78 is 10.4. The van der Waals surface area contributed by atoms with Crippen LogP contribution in [-0.4, -0.2) is 23.6 Å². The van der Waals surface area contributed by atoms with Gasteiger partial charge in [0.05, 0.1) is 6.54 Å². The SMILES string of the molecule is NC(=O)COc1ccc(C=CC(=O)NCc2cc(-c3ccccc3)no2)cc1. The Kier molecular flexibility index (Phi) is 6.20. The Morgan fingerprint density at radius 1 is 1.11 bits per heavy atom. The van der Waals surface area contributed by atoms with Gasteiger partial charge in [0, 0.05) is 17.7 Å². The number of hydrogen-bond acceptors (Lipinski definition) is 5. The molecule has 3 rings (SSSR count). The molecule has 0 saturated heterocycles. The average Bonchev–Trinajstić information content (AvgIpc) is 3.20. The Morgan fingerprint density at radius 2 is 1.86 bits per heavy atom. The van der Waals surface area contributed by atoms with Crippen LogP contribution in [0.15, 0.2) is 71.3 Å². The van der Waals surface area contributed by atoms with Crippen LogP contribution in [0, 0.1) is 0 Å². The monoisotopic (exact) mass is 377 g/mol. The van der Waals surface area contributed by atoms with Crippen LogP contribution in [-0.2, 0) is 16.1 Å². The van der Waals surface area contributed by atoms with Crippen molar-refractivity contribution in [2.45, 2.75) is 6.54 Å². The number of nitrogens with two attached hydrogens (primary N) is 1. The van der Waals surface area contributed by atoms with Crippen molar-refractivity contribution in [2.75, 3.05) is 6.61 Å². The second-order valence-electron chi connectivity index (χ2n) is 5.92. The molecule has 7 heteroatoms. The van der Waals surface area contributed by atoms with Crippen LogP contribution in [0.3, 0.4) is 0 Å². The van der Waals surface area contributed by atoms with Gasteiger partial charge in [0.15, 0.2) is 12.4 Å². The predicted molar refractivity (Wildman–Crippen MR) is 104 cm³/mol. The molecule has 1 heterocycles. The van der Waals surface area contributed by atoms with Crippen LogP contribution < -0.4 is 15.8 Å². The van der Waals surface area contributed by atoms with Crippen molar-refractivity contribution in [3.05, 3.63) is 78.1 Å². The first-order valence-corrected chi connectivity index (χ1v) is 8.58. The highest BCUT2D eigenvalue weighted by Gasteiger charge is 2.07. The zero-order valence-corrected chi connectivity index (χ0v) is 15.0. The fraction of sp³-hybridized carbons (Fsp3) is 0.0952. The molecule has 0 unspecified atom stereocenters. The van der Waals surface area contributed by atoms with E-state index < -0.39 is 5.91 Å². The van der Waals surface area contributed by atoms with E-state index in [9.17, 15) is 9.59 Å². The number of ether oxygens (including phenoxy) is 1. The lowest BCUT2D eigenvalue weighted by atomic mass is 10.1. The Labute approximate surface area is 161 Å². The molecule has 0 fully saturated rings. The van der Waals surface area contributed by atoms with Crippen molar-refractivity contribution in [2.24, 2.45) is 5.73 Å². The van der Waals surface area contributed by atoms with Gasteiger partial charge in [0.1, 0.15) is 11.4 Å². The molecule has 3 N–H and O–H groups in total. The maximum absolute atomic E-state index is 12.0. The third kappa shape index (κ3) is 5.57. The normalized spacial score (nSPS) is 10.7. The van der Waals surface area contributed by atoms with Gasteiger partial charge >= 0.3 is 0 Å². The molecule has 0 atom stereocenters. The van der Waals surface area contributed by atoms with E-state index in [2.05, 4.69) is 10.5 Å². The summed E-state index contributed by atoms with van der Waals surface area (Å²) >= 11 is 0. The molecular formula is C21H19N3O4. The number of nitrogens with zero attached hydrogens (tertiary/aromatic N) is 1. The molecule has 0 aliphatic carbocycles. The number of aromatic nitrogens is 1. The van der Waals surface area contributed by atoms with E-state index in [1.807, 2.05) is 30.3 Å². The number of carbonyl (C=O) groups is 2. The largest absolute Gasteiger partial charge is 0.484 e. The molecular weight excluding hydrogens is 358 g/mol. The summed E-state index contributed by atoms with van der Waals surface area (Å²) in [6.07, 6.45) is 3.09. The molecule has 0 aliphatic rings. The van der Waals surface area contributed by atoms with E-state index in [-0.39, 0.29) is 19.1 Å². The number of carbonyl (C=O) groups excluding carboxylic acids is 2. The minimum absolute atomic E-state index is 0.175. The van der Waals surface area contributed by atoms with E-state index >= 15 is 0 Å². The Balaban J connectivity index is 1.49. The van der Waals surface area contributed by atoms with Crippen molar-refractivity contribution in [3.63, 3.8) is 0 Å². The van der Waals surface area contributed by atoms with Gasteiger partial charge in [-0.3, -0.25) is 9.59 Å². The van der Waals surface area contributed by atoms with Gasteiger partial charge in [-0.15, -0.1) is 0 Å². The molecule has 3 aromatic rings. The van der Waals surface area contributed by atoms with Gasteiger partial charge < -0.3 is 20.3 Å². The molecule has 2 amide bonds. The standard InChI is InChI=1S/C21H19N3O4/c22-20(25)14-27-17-9-6-15(7-10-17)8-11-21(26)23-13-18-12-19(24-28-18)16-4-2-1-3-5-16/h1-12H,13-14H2,(H2,22,25)(H,23,26). The van der Waals surface area contributed by atoms with Crippen LogP contribution in [0.4, 0.5) is 0 Å². The Morgan fingerprint density at radius 3 is 2.57 bits per heavy atom. The maximum Gasteiger partial charge on any atom is 0.255 e. The lowest BCUT2D eigenvalue weighted by molar-refractivity contribution is -0.120. The van der Waals surface area contributed by atoms with Crippen LogP contribution in [0.2, 0.25) is 0 Å². The molecule has 0 radical (unpaired) electrons. The lowest BCUT2D eigenvalue weighted by Crippen LogP contribution is -2.20. The van der Waals surface area contributed by atoms with Crippen molar-refractivity contribution >= 4 is 17.9 Å². The minimum atomic E-state index is -0.539. The average molecular weight is 377 g/mol. The zero-order valence-electron chi connectivity index (χ0n) is 15.0. The molecule has 0 bridgehead atoms. The molecule has 0 aliphatic heterocycles. The number of nitrogens with one attached hydrogen (secondary N) is 1. The third-order valence-electron chi connectivity index (χ3n) is 3.75. The molecule has 1 aromatic heterocycles. The highest BCUT2D eigenvalue weighted by Crippen LogP contribution is 2.18. The summed E-state index contributed by atoms with van der Waals surface area (Å²) in [5, 5.41) is 6.75. The van der Waals surface area contributed by atoms with E-state index in [0.29, 0.717) is 11.5 Å². The van der Waals surface area contributed by atoms with Crippen LogP contribution in [0.5, 0.6) is 5.75 Å². The first-order chi connectivity index (χ1) is 13.6. The van der Waals surface area contributed by atoms with Gasteiger partial charge in [-0.1, -0.05) is 47.6 Å². The van der Waals surface area contributed by atoms with Crippen molar-refractivity contribution in [1.29, 1.82) is 0 Å². The Hall–Kier alpha value is -3.87. The topological polar surface area (TPSA) is 107 Å². The summed E-state index contributed by atoms with van der Waals surface area (Å²) in [4.78, 5) is 22.7. The fourth-order valence-corrected chi connectivity index (χ4v) is 2.38.